The Balaban J connectivity index is 2.67. The van der Waals surface area contributed by atoms with Crippen molar-refractivity contribution in [3.8, 4) is 0 Å². The lowest BCUT2D eigenvalue weighted by molar-refractivity contribution is -0.114. The van der Waals surface area contributed by atoms with Crippen molar-refractivity contribution in [3.63, 3.8) is 0 Å². The first-order valence-electron chi connectivity index (χ1n) is 4.18. The lowest BCUT2D eigenvalue weighted by Crippen LogP contribution is -2.30. The topological polar surface area (TPSA) is 76.1 Å². The molecule has 1 aromatic heterocycles. The molecule has 78 valence electrons. The third kappa shape index (κ3) is 1.63. The Labute approximate surface area is 86.8 Å². The van der Waals surface area contributed by atoms with Crippen LogP contribution in [0.25, 0.3) is 6.08 Å². The molecule has 6 heteroatoms. The molecule has 0 saturated carbocycles. The molecule has 1 amide bonds. The van der Waals surface area contributed by atoms with Crippen molar-refractivity contribution in [2.24, 2.45) is 0 Å². The highest BCUT2D eigenvalue weighted by atomic mass is 32.2. The molecule has 0 saturated heterocycles. The molecule has 15 heavy (non-hydrogen) atoms. The summed E-state index contributed by atoms with van der Waals surface area (Å²) in [6, 6.07) is 1.53. The molecule has 1 aromatic rings. The van der Waals surface area contributed by atoms with Crippen LogP contribution in [-0.2, 0) is 14.6 Å². The van der Waals surface area contributed by atoms with Crippen molar-refractivity contribution in [1.82, 2.24) is 4.98 Å². The van der Waals surface area contributed by atoms with Gasteiger partial charge in [0.15, 0.2) is 5.03 Å². The number of amides is 1. The molecule has 0 unspecified atom stereocenters. The van der Waals surface area contributed by atoms with E-state index in [1.54, 1.807) is 0 Å². The van der Waals surface area contributed by atoms with E-state index >= 15 is 0 Å². The highest BCUT2D eigenvalue weighted by molar-refractivity contribution is 7.92. The number of anilines is 1. The van der Waals surface area contributed by atoms with Crippen LogP contribution in [0.3, 0.4) is 0 Å². The average molecular weight is 224 g/mol. The highest BCUT2D eigenvalue weighted by Crippen LogP contribution is 2.25. The Morgan fingerprint density at radius 3 is 2.93 bits per heavy atom. The SMILES string of the molecule is C=Cc1cnc2c(c1)NC(=O)CS2(=O)=O. The first kappa shape index (κ1) is 9.85. The predicted octanol–water partition coefficient (Wildman–Crippen LogP) is 0.450. The molecule has 0 aliphatic carbocycles. The Morgan fingerprint density at radius 1 is 1.53 bits per heavy atom. The van der Waals surface area contributed by atoms with Crippen molar-refractivity contribution in [2.75, 3.05) is 11.1 Å². The maximum absolute atomic E-state index is 11.5. The van der Waals surface area contributed by atoms with Gasteiger partial charge in [0.05, 0.1) is 5.69 Å². The van der Waals surface area contributed by atoms with Gasteiger partial charge in [0.25, 0.3) is 0 Å². The van der Waals surface area contributed by atoms with Gasteiger partial charge in [-0.05, 0) is 11.6 Å². The fraction of sp³-hybridized carbons (Fsp3) is 0.111. The van der Waals surface area contributed by atoms with Crippen LogP contribution in [0.15, 0.2) is 23.9 Å². The van der Waals surface area contributed by atoms with Gasteiger partial charge in [0, 0.05) is 6.20 Å². The number of fused-ring (bicyclic) bond motifs is 1. The van der Waals surface area contributed by atoms with Crippen molar-refractivity contribution in [1.29, 1.82) is 0 Å². The quantitative estimate of drug-likeness (QED) is 0.751. The van der Waals surface area contributed by atoms with E-state index in [1.807, 2.05) is 0 Å². The first-order chi connectivity index (χ1) is 7.03. The molecule has 0 bridgehead atoms. The molecule has 5 nitrogen and oxygen atoms in total. The number of hydrogen-bond donors (Lipinski definition) is 1. The number of nitrogens with zero attached hydrogens (tertiary/aromatic N) is 1. The minimum Gasteiger partial charge on any atom is -0.323 e. The van der Waals surface area contributed by atoms with Crippen molar-refractivity contribution in [2.45, 2.75) is 5.03 Å². The van der Waals surface area contributed by atoms with E-state index in [9.17, 15) is 13.2 Å². The number of nitrogens with one attached hydrogen (secondary N) is 1. The van der Waals surface area contributed by atoms with Crippen LogP contribution in [0.1, 0.15) is 5.56 Å². The van der Waals surface area contributed by atoms with E-state index in [0.29, 0.717) is 5.56 Å². The van der Waals surface area contributed by atoms with E-state index in [1.165, 1.54) is 18.3 Å². The lowest BCUT2D eigenvalue weighted by atomic mass is 10.2. The zero-order valence-corrected chi connectivity index (χ0v) is 8.54. The van der Waals surface area contributed by atoms with Gasteiger partial charge >= 0.3 is 0 Å². The normalized spacial score (nSPS) is 17.7. The van der Waals surface area contributed by atoms with Gasteiger partial charge in [-0.15, -0.1) is 0 Å². The van der Waals surface area contributed by atoms with Gasteiger partial charge in [-0.25, -0.2) is 13.4 Å². The lowest BCUT2D eigenvalue weighted by Gasteiger charge is -2.15. The number of carbonyl (C=O) groups excluding carboxylic acids is 1. The molecular formula is C9H8N2O3S. The summed E-state index contributed by atoms with van der Waals surface area (Å²) in [6.07, 6.45) is 2.93. The summed E-state index contributed by atoms with van der Waals surface area (Å²) in [5, 5.41) is 2.39. The van der Waals surface area contributed by atoms with Crippen LogP contribution < -0.4 is 5.32 Å². The van der Waals surface area contributed by atoms with Crippen LogP contribution in [0, 0.1) is 0 Å². The second-order valence-corrected chi connectivity index (χ2v) is 5.04. The van der Waals surface area contributed by atoms with Gasteiger partial charge < -0.3 is 5.32 Å². The van der Waals surface area contributed by atoms with Crippen molar-refractivity contribution >= 4 is 27.5 Å². The largest absolute Gasteiger partial charge is 0.323 e. The minimum absolute atomic E-state index is 0.0762. The highest BCUT2D eigenvalue weighted by Gasteiger charge is 2.29. The number of pyridine rings is 1. The van der Waals surface area contributed by atoms with Crippen LogP contribution in [0.5, 0.6) is 0 Å². The second kappa shape index (κ2) is 3.16. The molecular weight excluding hydrogens is 216 g/mol. The van der Waals surface area contributed by atoms with Crippen LogP contribution in [-0.4, -0.2) is 25.1 Å². The van der Waals surface area contributed by atoms with Gasteiger partial charge in [0.2, 0.25) is 15.7 Å². The summed E-state index contributed by atoms with van der Waals surface area (Å²) in [6.45, 7) is 3.53. The molecule has 0 atom stereocenters. The molecule has 1 N–H and O–H groups in total. The predicted molar refractivity (Wildman–Crippen MR) is 55.0 cm³/mol. The zero-order valence-electron chi connectivity index (χ0n) is 7.73. The summed E-state index contributed by atoms with van der Waals surface area (Å²) in [7, 11) is -3.57. The van der Waals surface area contributed by atoms with E-state index in [0.717, 1.165) is 0 Å². The van der Waals surface area contributed by atoms with Gasteiger partial charge in [0.1, 0.15) is 5.75 Å². The number of rotatable bonds is 1. The van der Waals surface area contributed by atoms with Gasteiger partial charge in [-0.3, -0.25) is 4.79 Å². The molecule has 0 aromatic carbocycles. The number of sulfone groups is 1. The van der Waals surface area contributed by atoms with E-state index < -0.39 is 21.5 Å². The Kier molecular flexibility index (Phi) is 2.08. The summed E-state index contributed by atoms with van der Waals surface area (Å²) in [4.78, 5) is 14.9. The monoisotopic (exact) mass is 224 g/mol. The molecule has 2 rings (SSSR count). The van der Waals surface area contributed by atoms with E-state index in [-0.39, 0.29) is 10.7 Å². The van der Waals surface area contributed by atoms with E-state index in [4.69, 9.17) is 0 Å². The molecule has 2 heterocycles. The molecule has 0 radical (unpaired) electrons. The fourth-order valence-electron chi connectivity index (χ4n) is 1.34. The minimum atomic E-state index is -3.57. The van der Waals surface area contributed by atoms with Gasteiger partial charge in [-0.1, -0.05) is 12.7 Å². The maximum atomic E-state index is 11.5. The first-order valence-corrected chi connectivity index (χ1v) is 5.83. The Hall–Kier alpha value is -1.69. The molecule has 1 aliphatic rings. The second-order valence-electron chi connectivity index (χ2n) is 3.13. The van der Waals surface area contributed by atoms with E-state index in [2.05, 4.69) is 16.9 Å². The molecule has 1 aliphatic heterocycles. The number of aromatic nitrogens is 1. The standard InChI is InChI=1S/C9H8N2O3S/c1-2-6-3-7-9(10-4-6)15(13,14)5-8(12)11-7/h2-4H,1,5H2,(H,11,12). The molecule has 0 fully saturated rings. The summed E-state index contributed by atoms with van der Waals surface area (Å²) in [5.74, 6) is -1.08. The maximum Gasteiger partial charge on any atom is 0.240 e. The summed E-state index contributed by atoms with van der Waals surface area (Å²) in [5.41, 5.74) is 0.884. The third-order valence-corrected chi connectivity index (χ3v) is 3.55. The van der Waals surface area contributed by atoms with Crippen molar-refractivity contribution < 1.29 is 13.2 Å². The fourth-order valence-corrected chi connectivity index (χ4v) is 2.56. The Morgan fingerprint density at radius 2 is 2.27 bits per heavy atom. The van der Waals surface area contributed by atoms with Gasteiger partial charge in [-0.2, -0.15) is 0 Å². The van der Waals surface area contributed by atoms with Crippen molar-refractivity contribution in [3.05, 3.63) is 24.4 Å². The third-order valence-electron chi connectivity index (χ3n) is 2.00. The van der Waals surface area contributed by atoms with Crippen LogP contribution in [0.2, 0.25) is 0 Å². The molecule has 0 spiro atoms. The van der Waals surface area contributed by atoms with Crippen LogP contribution in [0.4, 0.5) is 5.69 Å². The number of hydrogen-bond acceptors (Lipinski definition) is 4. The summed E-state index contributed by atoms with van der Waals surface area (Å²) >= 11 is 0. The Bertz CT molecular complexity index is 548. The zero-order chi connectivity index (χ0) is 11.1. The average Bonchev–Trinajstić information content (AvgIpc) is 2.15. The summed E-state index contributed by atoms with van der Waals surface area (Å²) < 4.78 is 23.1. The smallest absolute Gasteiger partial charge is 0.240 e. The number of carbonyl (C=O) groups is 1. The van der Waals surface area contributed by atoms with Crippen LogP contribution >= 0.6 is 0 Å².